The van der Waals surface area contributed by atoms with Gasteiger partial charge in [-0.25, -0.2) is 0 Å². The van der Waals surface area contributed by atoms with Crippen LogP contribution in [-0.4, -0.2) is 56.7 Å². The van der Waals surface area contributed by atoms with Crippen LogP contribution in [0.2, 0.25) is 0 Å². The van der Waals surface area contributed by atoms with Crippen LogP contribution in [-0.2, 0) is 9.53 Å². The number of amides is 1. The zero-order chi connectivity index (χ0) is 17.2. The molecule has 2 rings (SSSR count). The predicted molar refractivity (Wildman–Crippen MR) is 99.7 cm³/mol. The molecular weight excluding hydrogens is 302 g/mol. The van der Waals surface area contributed by atoms with Crippen molar-refractivity contribution in [2.24, 2.45) is 0 Å². The Bertz CT molecular complexity index is 495. The van der Waals surface area contributed by atoms with Crippen LogP contribution in [0.15, 0.2) is 24.3 Å². The lowest BCUT2D eigenvalue weighted by molar-refractivity contribution is -0.116. The summed E-state index contributed by atoms with van der Waals surface area (Å²) in [6, 6.07) is 8.05. The molecule has 0 aliphatic carbocycles. The van der Waals surface area contributed by atoms with Gasteiger partial charge in [-0.2, -0.15) is 0 Å². The maximum absolute atomic E-state index is 12.4. The van der Waals surface area contributed by atoms with Crippen LogP contribution >= 0.6 is 0 Å². The predicted octanol–water partition coefficient (Wildman–Crippen LogP) is 2.97. The lowest BCUT2D eigenvalue weighted by Gasteiger charge is -2.30. The molecule has 0 saturated carbocycles. The lowest BCUT2D eigenvalue weighted by Crippen LogP contribution is -2.36. The Balaban J connectivity index is 1.91. The minimum atomic E-state index is 0.0907. The monoisotopic (exact) mass is 333 g/mol. The van der Waals surface area contributed by atoms with E-state index in [1.165, 1.54) is 0 Å². The van der Waals surface area contributed by atoms with Crippen LogP contribution in [0.25, 0.3) is 0 Å². The smallest absolute Gasteiger partial charge is 0.225 e. The van der Waals surface area contributed by atoms with Crippen molar-refractivity contribution in [2.75, 3.05) is 56.2 Å². The summed E-state index contributed by atoms with van der Waals surface area (Å²) < 4.78 is 5.42. The van der Waals surface area contributed by atoms with Gasteiger partial charge >= 0.3 is 0 Å². The van der Waals surface area contributed by atoms with Crippen molar-refractivity contribution in [3.63, 3.8) is 0 Å². The third-order valence-corrected chi connectivity index (χ3v) is 4.26. The number of carbonyl (C=O) groups excluding carboxylic acids is 1. The molecule has 0 atom stereocenters. The Kier molecular flexibility index (Phi) is 8.05. The summed E-state index contributed by atoms with van der Waals surface area (Å²) in [4.78, 5) is 17.0. The molecule has 0 unspecified atom stereocenters. The number of nitrogens with zero attached hydrogens (tertiary/aromatic N) is 2. The Labute approximate surface area is 146 Å². The maximum Gasteiger partial charge on any atom is 0.225 e. The third-order valence-electron chi connectivity index (χ3n) is 4.26. The highest BCUT2D eigenvalue weighted by Crippen LogP contribution is 2.26. The first-order valence-electron chi connectivity index (χ1n) is 9.18. The van der Waals surface area contributed by atoms with Crippen molar-refractivity contribution in [1.82, 2.24) is 4.90 Å². The van der Waals surface area contributed by atoms with Crippen LogP contribution in [0.4, 0.5) is 11.4 Å². The van der Waals surface area contributed by atoms with Crippen LogP contribution in [0, 0.1) is 0 Å². The lowest BCUT2D eigenvalue weighted by atomic mass is 10.2. The minimum Gasteiger partial charge on any atom is -0.378 e. The molecule has 1 fully saturated rings. The number of nitrogens with one attached hydrogen (secondary N) is 1. The summed E-state index contributed by atoms with van der Waals surface area (Å²) in [6.07, 6.45) is 2.79. The Morgan fingerprint density at radius 2 is 1.79 bits per heavy atom. The number of ether oxygens (including phenoxy) is 1. The van der Waals surface area contributed by atoms with Gasteiger partial charge in [0.05, 0.1) is 24.6 Å². The number of benzene rings is 1. The summed E-state index contributed by atoms with van der Waals surface area (Å²) in [6.45, 7) is 10.5. The van der Waals surface area contributed by atoms with Gasteiger partial charge in [0, 0.05) is 26.1 Å². The first-order chi connectivity index (χ1) is 11.7. The second-order valence-electron chi connectivity index (χ2n) is 6.26. The summed E-state index contributed by atoms with van der Waals surface area (Å²) in [5, 5.41) is 3.10. The molecule has 1 N–H and O–H groups in total. The molecule has 0 aromatic heterocycles. The fourth-order valence-electron chi connectivity index (χ4n) is 3.10. The highest BCUT2D eigenvalue weighted by atomic mass is 16.5. The molecule has 0 radical (unpaired) electrons. The zero-order valence-corrected chi connectivity index (χ0v) is 15.1. The van der Waals surface area contributed by atoms with Crippen molar-refractivity contribution >= 4 is 17.3 Å². The van der Waals surface area contributed by atoms with Gasteiger partial charge in [-0.3, -0.25) is 4.79 Å². The number of para-hydroxylation sites is 2. The summed E-state index contributed by atoms with van der Waals surface area (Å²) in [5.41, 5.74) is 2.00. The first kappa shape index (κ1) is 18.7. The van der Waals surface area contributed by atoms with Crippen LogP contribution in [0.5, 0.6) is 0 Å². The number of morpholine rings is 1. The normalized spacial score (nSPS) is 14.9. The molecule has 1 aromatic carbocycles. The summed E-state index contributed by atoms with van der Waals surface area (Å²) >= 11 is 0. The van der Waals surface area contributed by atoms with E-state index in [0.29, 0.717) is 6.42 Å². The second kappa shape index (κ2) is 10.3. The fourth-order valence-corrected chi connectivity index (χ4v) is 3.10. The number of hydrogen-bond acceptors (Lipinski definition) is 4. The Hall–Kier alpha value is -1.59. The van der Waals surface area contributed by atoms with E-state index >= 15 is 0 Å². The van der Waals surface area contributed by atoms with Crippen molar-refractivity contribution in [1.29, 1.82) is 0 Å². The standard InChI is InChI=1S/C19H31N3O2/c1-3-10-21(11-4-2)12-9-19(23)20-17-7-5-6-8-18(17)22-13-15-24-16-14-22/h5-8H,3-4,9-16H2,1-2H3,(H,20,23). The zero-order valence-electron chi connectivity index (χ0n) is 15.1. The molecule has 1 saturated heterocycles. The molecule has 1 heterocycles. The first-order valence-corrected chi connectivity index (χ1v) is 9.18. The number of carbonyl (C=O) groups is 1. The van der Waals surface area contributed by atoms with E-state index in [1.54, 1.807) is 0 Å². The van der Waals surface area contributed by atoms with Gasteiger partial charge in [-0.15, -0.1) is 0 Å². The van der Waals surface area contributed by atoms with E-state index in [4.69, 9.17) is 4.74 Å². The quantitative estimate of drug-likeness (QED) is 0.755. The molecule has 134 valence electrons. The van der Waals surface area contributed by atoms with Gasteiger partial charge in [0.1, 0.15) is 0 Å². The maximum atomic E-state index is 12.4. The Morgan fingerprint density at radius 3 is 2.46 bits per heavy atom. The molecule has 5 nitrogen and oxygen atoms in total. The topological polar surface area (TPSA) is 44.8 Å². The van der Waals surface area contributed by atoms with Gasteiger partial charge in [-0.05, 0) is 38.1 Å². The van der Waals surface area contributed by atoms with Crippen molar-refractivity contribution in [2.45, 2.75) is 33.1 Å². The average Bonchev–Trinajstić information content (AvgIpc) is 2.61. The number of hydrogen-bond donors (Lipinski definition) is 1. The molecule has 1 amide bonds. The largest absolute Gasteiger partial charge is 0.378 e. The van der Waals surface area contributed by atoms with Crippen molar-refractivity contribution in [3.8, 4) is 0 Å². The van der Waals surface area contributed by atoms with Gasteiger partial charge in [0.25, 0.3) is 0 Å². The van der Waals surface area contributed by atoms with E-state index in [2.05, 4.69) is 35.0 Å². The highest BCUT2D eigenvalue weighted by Gasteiger charge is 2.16. The highest BCUT2D eigenvalue weighted by molar-refractivity contribution is 5.94. The molecule has 1 aliphatic rings. The van der Waals surface area contributed by atoms with Gasteiger partial charge < -0.3 is 19.9 Å². The summed E-state index contributed by atoms with van der Waals surface area (Å²) in [5.74, 6) is 0.0907. The molecule has 5 heteroatoms. The van der Waals surface area contributed by atoms with Crippen molar-refractivity contribution in [3.05, 3.63) is 24.3 Å². The SMILES string of the molecule is CCCN(CCC)CCC(=O)Nc1ccccc1N1CCOCC1. The number of anilines is 2. The van der Waals surface area contributed by atoms with Gasteiger partial charge in [0.15, 0.2) is 0 Å². The fraction of sp³-hybridized carbons (Fsp3) is 0.632. The van der Waals surface area contributed by atoms with E-state index in [0.717, 1.165) is 70.2 Å². The van der Waals surface area contributed by atoms with Crippen molar-refractivity contribution < 1.29 is 9.53 Å². The van der Waals surface area contributed by atoms with E-state index < -0.39 is 0 Å². The third kappa shape index (κ3) is 5.80. The molecule has 0 spiro atoms. The second-order valence-corrected chi connectivity index (χ2v) is 6.26. The van der Waals surface area contributed by atoms with Crippen LogP contribution in [0.1, 0.15) is 33.1 Å². The molecule has 0 bridgehead atoms. The minimum absolute atomic E-state index is 0.0907. The van der Waals surface area contributed by atoms with E-state index in [9.17, 15) is 4.79 Å². The van der Waals surface area contributed by atoms with Gasteiger partial charge in [-0.1, -0.05) is 26.0 Å². The van der Waals surface area contributed by atoms with Gasteiger partial charge in [0.2, 0.25) is 5.91 Å². The molecule has 1 aromatic rings. The summed E-state index contributed by atoms with van der Waals surface area (Å²) in [7, 11) is 0. The van der Waals surface area contributed by atoms with Crippen LogP contribution < -0.4 is 10.2 Å². The average molecular weight is 333 g/mol. The van der Waals surface area contributed by atoms with E-state index in [-0.39, 0.29) is 5.91 Å². The van der Waals surface area contributed by atoms with Crippen LogP contribution in [0.3, 0.4) is 0 Å². The molecule has 1 aliphatic heterocycles. The van der Waals surface area contributed by atoms with E-state index in [1.807, 2.05) is 18.2 Å². The molecular formula is C19H31N3O2. The Morgan fingerprint density at radius 1 is 1.12 bits per heavy atom. The number of rotatable bonds is 9. The molecule has 24 heavy (non-hydrogen) atoms.